The van der Waals surface area contributed by atoms with E-state index >= 15 is 0 Å². The first-order valence-corrected chi connectivity index (χ1v) is 15.6. The van der Waals surface area contributed by atoms with Gasteiger partial charge in [0.25, 0.3) is 5.91 Å². The zero-order valence-electron chi connectivity index (χ0n) is 25.9. The summed E-state index contributed by atoms with van der Waals surface area (Å²) in [5, 5.41) is 11.0. The zero-order chi connectivity index (χ0) is 30.6. The molecule has 2 aromatic heterocycles. The van der Waals surface area contributed by atoms with Crippen LogP contribution in [0.2, 0.25) is 0 Å². The van der Waals surface area contributed by atoms with Crippen molar-refractivity contribution in [1.29, 1.82) is 0 Å². The van der Waals surface area contributed by atoms with Gasteiger partial charge in [-0.1, -0.05) is 48.5 Å². The number of piperazine rings is 1. The van der Waals surface area contributed by atoms with Crippen LogP contribution in [0.1, 0.15) is 54.6 Å². The third-order valence-electron chi connectivity index (χ3n) is 8.72. The Morgan fingerprint density at radius 3 is 2.30 bits per heavy atom. The Labute approximate surface area is 259 Å². The number of amides is 1. The highest BCUT2D eigenvalue weighted by Gasteiger charge is 2.30. The molecular weight excluding hydrogens is 550 g/mol. The van der Waals surface area contributed by atoms with Crippen molar-refractivity contribution in [2.24, 2.45) is 7.05 Å². The molecule has 1 saturated heterocycles. The van der Waals surface area contributed by atoms with Crippen molar-refractivity contribution in [3.63, 3.8) is 0 Å². The smallest absolute Gasteiger partial charge is 0.255 e. The van der Waals surface area contributed by atoms with E-state index < -0.39 is 0 Å². The summed E-state index contributed by atoms with van der Waals surface area (Å²) in [6, 6.07) is 20.3. The maximum absolute atomic E-state index is 13.2. The van der Waals surface area contributed by atoms with Crippen LogP contribution < -0.4 is 16.4 Å². The number of nitrogen functional groups attached to an aromatic ring is 1. The number of pyridine rings is 1. The summed E-state index contributed by atoms with van der Waals surface area (Å²) in [5.41, 5.74) is 13.0. The van der Waals surface area contributed by atoms with Gasteiger partial charge >= 0.3 is 0 Å². The molecule has 4 atom stereocenters. The fourth-order valence-corrected chi connectivity index (χ4v) is 6.55. The number of nitrogens with zero attached hydrogens (tertiary/aromatic N) is 4. The molecule has 9 nitrogen and oxygen atoms in total. The lowest BCUT2D eigenvalue weighted by atomic mass is 10.0. The standard InChI is InChI=1S/C35H43N7O2/c1-23-18-42(19-24(2)39-23)20-25-7-11-27(12-8-25)28-13-9-26(10-14-28)22-44-33-6-4-5-32(33)40-35(43)31-15-29(16-37-34(31)36)30-17-38-41(3)21-30/h7-17,21,23-24,32-33,39H,4-6,18-20,22H2,1-3H3,(H2,36,37)(H,40,43)/t23?,24?,32-,33-/m0/s1. The minimum atomic E-state index is -0.228. The molecule has 1 saturated carbocycles. The molecule has 0 bridgehead atoms. The summed E-state index contributed by atoms with van der Waals surface area (Å²) in [5.74, 6) is -0.0159. The lowest BCUT2D eigenvalue weighted by molar-refractivity contribution is 0.0272. The Bertz CT molecular complexity index is 1560. The largest absolute Gasteiger partial charge is 0.383 e. The molecule has 2 aliphatic rings. The van der Waals surface area contributed by atoms with Gasteiger partial charge in [-0.3, -0.25) is 14.4 Å². The number of rotatable bonds is 9. The van der Waals surface area contributed by atoms with Crippen molar-refractivity contribution in [3.05, 3.63) is 89.9 Å². The second-order valence-corrected chi connectivity index (χ2v) is 12.5. The van der Waals surface area contributed by atoms with E-state index in [0.717, 1.165) is 55.6 Å². The third kappa shape index (κ3) is 7.18. The highest BCUT2D eigenvalue weighted by molar-refractivity contribution is 5.99. The summed E-state index contributed by atoms with van der Waals surface area (Å²) in [7, 11) is 1.85. The first kappa shape index (κ1) is 30.0. The van der Waals surface area contributed by atoms with Gasteiger partial charge in [0.1, 0.15) is 5.82 Å². The quantitative estimate of drug-likeness (QED) is 0.256. The van der Waals surface area contributed by atoms with Crippen LogP contribution >= 0.6 is 0 Å². The van der Waals surface area contributed by atoms with Gasteiger partial charge < -0.3 is 21.1 Å². The highest BCUT2D eigenvalue weighted by Crippen LogP contribution is 2.27. The number of ether oxygens (including phenoxy) is 1. The number of carbonyl (C=O) groups excluding carboxylic acids is 1. The van der Waals surface area contributed by atoms with Gasteiger partial charge in [-0.05, 0) is 61.4 Å². The first-order valence-electron chi connectivity index (χ1n) is 15.6. The average Bonchev–Trinajstić information content (AvgIpc) is 3.65. The number of carbonyl (C=O) groups is 1. The zero-order valence-corrected chi connectivity index (χ0v) is 25.9. The minimum absolute atomic E-state index is 0.0523. The van der Waals surface area contributed by atoms with Crippen LogP contribution in [0.15, 0.2) is 73.2 Å². The minimum Gasteiger partial charge on any atom is -0.383 e. The van der Waals surface area contributed by atoms with E-state index in [1.807, 2.05) is 13.2 Å². The molecule has 2 fully saturated rings. The lowest BCUT2D eigenvalue weighted by Gasteiger charge is -2.36. The van der Waals surface area contributed by atoms with Crippen molar-refractivity contribution in [2.45, 2.75) is 70.5 Å². The van der Waals surface area contributed by atoms with E-state index in [-0.39, 0.29) is 23.9 Å². The van der Waals surface area contributed by atoms with E-state index in [4.69, 9.17) is 10.5 Å². The molecule has 4 aromatic rings. The summed E-state index contributed by atoms with van der Waals surface area (Å²) in [6.45, 7) is 8.15. The number of nitrogens with two attached hydrogens (primary N) is 1. The number of aryl methyl sites for hydroxylation is 1. The predicted molar refractivity (Wildman–Crippen MR) is 174 cm³/mol. The maximum Gasteiger partial charge on any atom is 0.255 e. The fraction of sp³-hybridized carbons (Fsp3) is 0.400. The van der Waals surface area contributed by atoms with Crippen molar-refractivity contribution in [3.8, 4) is 22.3 Å². The summed E-state index contributed by atoms with van der Waals surface area (Å²) in [6.07, 6.45) is 8.02. The van der Waals surface area contributed by atoms with E-state index in [1.165, 1.54) is 16.7 Å². The van der Waals surface area contributed by atoms with Crippen LogP contribution in [-0.4, -0.2) is 62.9 Å². The lowest BCUT2D eigenvalue weighted by Crippen LogP contribution is -2.53. The van der Waals surface area contributed by atoms with Gasteiger partial charge in [-0.2, -0.15) is 5.10 Å². The van der Waals surface area contributed by atoms with Crippen LogP contribution in [0.25, 0.3) is 22.3 Å². The number of nitrogens with one attached hydrogen (secondary N) is 2. The Hall–Kier alpha value is -4.05. The molecule has 230 valence electrons. The summed E-state index contributed by atoms with van der Waals surface area (Å²) >= 11 is 0. The van der Waals surface area contributed by atoms with Crippen LogP contribution in [0.5, 0.6) is 0 Å². The third-order valence-corrected chi connectivity index (χ3v) is 8.72. The van der Waals surface area contributed by atoms with Crippen molar-refractivity contribution in [1.82, 2.24) is 30.3 Å². The molecule has 1 aliphatic carbocycles. The SMILES string of the molecule is CC1CN(Cc2ccc(-c3ccc(CO[C@H]4CCC[C@@H]4NC(=O)c4cc(-c5cnn(C)c5)cnc4N)cc3)cc2)CC(C)N1. The molecule has 2 unspecified atom stereocenters. The monoisotopic (exact) mass is 593 g/mol. The molecule has 1 aliphatic heterocycles. The van der Waals surface area contributed by atoms with Crippen molar-refractivity contribution < 1.29 is 9.53 Å². The molecule has 6 rings (SSSR count). The van der Waals surface area contributed by atoms with E-state index in [0.29, 0.717) is 24.3 Å². The van der Waals surface area contributed by atoms with Crippen LogP contribution in [0.3, 0.4) is 0 Å². The summed E-state index contributed by atoms with van der Waals surface area (Å²) < 4.78 is 8.05. The number of hydrogen-bond donors (Lipinski definition) is 3. The number of anilines is 1. The number of hydrogen-bond acceptors (Lipinski definition) is 7. The van der Waals surface area contributed by atoms with Crippen LogP contribution in [-0.2, 0) is 24.9 Å². The van der Waals surface area contributed by atoms with Gasteiger partial charge in [-0.15, -0.1) is 0 Å². The summed E-state index contributed by atoms with van der Waals surface area (Å²) in [4.78, 5) is 20.0. The Morgan fingerprint density at radius 2 is 1.64 bits per heavy atom. The van der Waals surface area contributed by atoms with E-state index in [1.54, 1.807) is 23.1 Å². The van der Waals surface area contributed by atoms with Gasteiger partial charge in [0, 0.05) is 62.3 Å². The molecule has 3 heterocycles. The van der Waals surface area contributed by atoms with Gasteiger partial charge in [-0.25, -0.2) is 4.98 Å². The molecular formula is C35H43N7O2. The average molecular weight is 594 g/mol. The van der Waals surface area contributed by atoms with E-state index in [9.17, 15) is 4.79 Å². The van der Waals surface area contributed by atoms with E-state index in [2.05, 4.69) is 88.0 Å². The number of aromatic nitrogens is 3. The normalized spacial score (nSPS) is 22.2. The second-order valence-electron chi connectivity index (χ2n) is 12.5. The second kappa shape index (κ2) is 13.3. The fourth-order valence-electron chi connectivity index (χ4n) is 6.55. The van der Waals surface area contributed by atoms with Gasteiger partial charge in [0.05, 0.1) is 30.5 Å². The van der Waals surface area contributed by atoms with Crippen molar-refractivity contribution >= 4 is 11.7 Å². The molecule has 2 aromatic carbocycles. The Morgan fingerprint density at radius 1 is 0.955 bits per heavy atom. The van der Waals surface area contributed by atoms with Crippen molar-refractivity contribution in [2.75, 3.05) is 18.8 Å². The molecule has 9 heteroatoms. The molecule has 44 heavy (non-hydrogen) atoms. The first-order chi connectivity index (χ1) is 21.3. The van der Waals surface area contributed by atoms with Crippen LogP contribution in [0.4, 0.5) is 5.82 Å². The topological polar surface area (TPSA) is 110 Å². The Balaban J connectivity index is 1.02. The molecule has 1 amide bonds. The predicted octanol–water partition coefficient (Wildman–Crippen LogP) is 4.78. The maximum atomic E-state index is 13.2. The molecule has 0 spiro atoms. The Kier molecular flexibility index (Phi) is 9.07. The molecule has 4 N–H and O–H groups in total. The van der Waals surface area contributed by atoms with Gasteiger partial charge in [0.2, 0.25) is 0 Å². The highest BCUT2D eigenvalue weighted by atomic mass is 16.5. The van der Waals surface area contributed by atoms with Crippen LogP contribution in [0, 0.1) is 0 Å². The molecule has 0 radical (unpaired) electrons. The van der Waals surface area contributed by atoms with Gasteiger partial charge in [0.15, 0.2) is 0 Å². The number of benzene rings is 2.